The minimum absolute atomic E-state index is 0.0674. The van der Waals surface area contributed by atoms with Crippen molar-refractivity contribution in [1.82, 2.24) is 9.97 Å². The summed E-state index contributed by atoms with van der Waals surface area (Å²) in [7, 11) is 1.33. The van der Waals surface area contributed by atoms with Crippen molar-refractivity contribution >= 4 is 34.1 Å². The Kier molecular flexibility index (Phi) is 5.72. The van der Waals surface area contributed by atoms with Gasteiger partial charge in [0.15, 0.2) is 0 Å². The van der Waals surface area contributed by atoms with Crippen molar-refractivity contribution < 1.29 is 22.7 Å². The maximum Gasteiger partial charge on any atom is 0.416 e. The SMILES string of the molecule is COc1ccc(C(F)(F)F)cc1NC(=O)Nc1cccc2c1CCN2Cc1ccnc2[nH]ccc12. The molecule has 5 rings (SSSR count). The van der Waals surface area contributed by atoms with Crippen LogP contribution in [0.2, 0.25) is 0 Å². The van der Waals surface area contributed by atoms with Crippen molar-refractivity contribution in [2.45, 2.75) is 19.1 Å². The second-order valence-electron chi connectivity index (χ2n) is 8.18. The average Bonchev–Trinajstić information content (AvgIpc) is 3.47. The summed E-state index contributed by atoms with van der Waals surface area (Å²) in [5.74, 6) is 0.131. The van der Waals surface area contributed by atoms with Gasteiger partial charge in [-0.3, -0.25) is 0 Å². The number of H-pyrrole nitrogens is 1. The van der Waals surface area contributed by atoms with Gasteiger partial charge < -0.3 is 25.3 Å². The maximum absolute atomic E-state index is 13.1. The van der Waals surface area contributed by atoms with E-state index in [1.165, 1.54) is 13.2 Å². The van der Waals surface area contributed by atoms with Crippen LogP contribution in [0.25, 0.3) is 11.0 Å². The van der Waals surface area contributed by atoms with E-state index in [9.17, 15) is 18.0 Å². The van der Waals surface area contributed by atoms with E-state index < -0.39 is 17.8 Å². The lowest BCUT2D eigenvalue weighted by Gasteiger charge is -2.20. The molecule has 0 aliphatic carbocycles. The van der Waals surface area contributed by atoms with Crippen LogP contribution in [0.3, 0.4) is 0 Å². The molecule has 10 heteroatoms. The number of pyridine rings is 1. The lowest BCUT2D eigenvalue weighted by molar-refractivity contribution is -0.137. The molecular formula is C25H22F3N5O2. The van der Waals surface area contributed by atoms with E-state index in [1.54, 1.807) is 12.3 Å². The van der Waals surface area contributed by atoms with Gasteiger partial charge in [0.25, 0.3) is 0 Å². The number of hydrogen-bond donors (Lipinski definition) is 3. The summed E-state index contributed by atoms with van der Waals surface area (Å²) in [6.07, 6.45) is -0.182. The van der Waals surface area contributed by atoms with E-state index in [0.29, 0.717) is 12.2 Å². The predicted octanol–water partition coefficient (Wildman–Crippen LogP) is 5.80. The number of amides is 2. The number of benzene rings is 2. The summed E-state index contributed by atoms with van der Waals surface area (Å²) in [6, 6.07) is 11.9. The van der Waals surface area contributed by atoms with Gasteiger partial charge in [0.1, 0.15) is 11.4 Å². The van der Waals surface area contributed by atoms with Crippen LogP contribution in [0.5, 0.6) is 5.75 Å². The fourth-order valence-electron chi connectivity index (χ4n) is 4.40. The largest absolute Gasteiger partial charge is 0.495 e. The van der Waals surface area contributed by atoms with Crippen molar-refractivity contribution in [3.63, 3.8) is 0 Å². The third kappa shape index (κ3) is 4.46. The Morgan fingerprint density at radius 3 is 2.77 bits per heavy atom. The van der Waals surface area contributed by atoms with Crippen molar-refractivity contribution in [3.8, 4) is 5.75 Å². The van der Waals surface area contributed by atoms with Crippen LogP contribution in [-0.4, -0.2) is 29.7 Å². The highest BCUT2D eigenvalue weighted by Crippen LogP contribution is 2.37. The van der Waals surface area contributed by atoms with Gasteiger partial charge >= 0.3 is 12.2 Å². The number of aromatic amines is 1. The summed E-state index contributed by atoms with van der Waals surface area (Å²) in [6.45, 7) is 1.45. The molecule has 4 aromatic rings. The quantitative estimate of drug-likeness (QED) is 0.337. The number of carbonyl (C=O) groups excluding carboxylic acids is 1. The van der Waals surface area contributed by atoms with Gasteiger partial charge in [-0.15, -0.1) is 0 Å². The lowest BCUT2D eigenvalue weighted by Crippen LogP contribution is -2.21. The zero-order valence-electron chi connectivity index (χ0n) is 18.7. The summed E-state index contributed by atoms with van der Waals surface area (Å²) < 4.78 is 44.5. The second-order valence-corrected chi connectivity index (χ2v) is 8.18. The molecule has 2 aromatic heterocycles. The molecule has 7 nitrogen and oxygen atoms in total. The van der Waals surface area contributed by atoms with E-state index in [2.05, 4.69) is 25.5 Å². The zero-order chi connectivity index (χ0) is 24.6. The second kappa shape index (κ2) is 8.86. The van der Waals surface area contributed by atoms with Gasteiger partial charge in [0.05, 0.1) is 18.4 Å². The summed E-state index contributed by atoms with van der Waals surface area (Å²) in [5, 5.41) is 6.32. The van der Waals surface area contributed by atoms with Crippen LogP contribution in [0.15, 0.2) is 60.9 Å². The zero-order valence-corrected chi connectivity index (χ0v) is 18.7. The molecule has 0 saturated carbocycles. The van der Waals surface area contributed by atoms with E-state index in [4.69, 9.17) is 4.74 Å². The summed E-state index contributed by atoms with van der Waals surface area (Å²) in [5.41, 5.74) is 3.60. The third-order valence-electron chi connectivity index (χ3n) is 6.06. The first-order valence-electron chi connectivity index (χ1n) is 10.9. The number of nitrogens with zero attached hydrogens (tertiary/aromatic N) is 2. The normalized spacial score (nSPS) is 13.1. The monoisotopic (exact) mass is 481 g/mol. The van der Waals surface area contributed by atoms with Gasteiger partial charge in [-0.25, -0.2) is 9.78 Å². The molecular weight excluding hydrogens is 459 g/mol. The highest BCUT2D eigenvalue weighted by molar-refractivity contribution is 6.01. The highest BCUT2D eigenvalue weighted by atomic mass is 19.4. The average molecular weight is 481 g/mol. The molecule has 180 valence electrons. The number of rotatable bonds is 5. The highest BCUT2D eigenvalue weighted by Gasteiger charge is 2.31. The van der Waals surface area contributed by atoms with Gasteiger partial charge in [0.2, 0.25) is 0 Å². The Bertz CT molecular complexity index is 1400. The molecule has 0 radical (unpaired) electrons. The van der Waals surface area contributed by atoms with E-state index in [1.807, 2.05) is 30.5 Å². The first-order valence-corrected chi connectivity index (χ1v) is 10.9. The number of nitrogens with one attached hydrogen (secondary N) is 3. The van der Waals surface area contributed by atoms with E-state index >= 15 is 0 Å². The number of hydrogen-bond acceptors (Lipinski definition) is 4. The molecule has 0 bridgehead atoms. The maximum atomic E-state index is 13.1. The number of aromatic nitrogens is 2. The molecule has 0 spiro atoms. The van der Waals surface area contributed by atoms with Crippen LogP contribution in [0.4, 0.5) is 35.0 Å². The number of fused-ring (bicyclic) bond motifs is 2. The minimum atomic E-state index is -4.54. The molecule has 0 saturated heterocycles. The van der Waals surface area contributed by atoms with Crippen LogP contribution in [0.1, 0.15) is 16.7 Å². The topological polar surface area (TPSA) is 82.3 Å². The van der Waals surface area contributed by atoms with E-state index in [0.717, 1.165) is 52.9 Å². The molecule has 2 amide bonds. The Morgan fingerprint density at radius 2 is 1.97 bits per heavy atom. The fourth-order valence-corrected chi connectivity index (χ4v) is 4.40. The van der Waals surface area contributed by atoms with Crippen LogP contribution < -0.4 is 20.3 Å². The van der Waals surface area contributed by atoms with Crippen molar-refractivity contribution in [2.75, 3.05) is 29.2 Å². The molecule has 1 aliphatic heterocycles. The first kappa shape index (κ1) is 22.6. The molecule has 3 heterocycles. The Balaban J connectivity index is 1.34. The third-order valence-corrected chi connectivity index (χ3v) is 6.06. The molecule has 2 aromatic carbocycles. The van der Waals surface area contributed by atoms with Crippen molar-refractivity contribution in [3.05, 3.63) is 77.6 Å². The molecule has 0 atom stereocenters. The number of methoxy groups -OCH3 is 1. The lowest BCUT2D eigenvalue weighted by atomic mass is 10.1. The van der Waals surface area contributed by atoms with Gasteiger partial charge in [-0.2, -0.15) is 13.2 Å². The number of urea groups is 1. The molecule has 0 fully saturated rings. The summed E-state index contributed by atoms with van der Waals surface area (Å²) in [4.78, 5) is 22.4. The molecule has 35 heavy (non-hydrogen) atoms. The van der Waals surface area contributed by atoms with Crippen molar-refractivity contribution in [1.29, 1.82) is 0 Å². The van der Waals surface area contributed by atoms with Crippen LogP contribution in [0, 0.1) is 0 Å². The van der Waals surface area contributed by atoms with Gasteiger partial charge in [-0.1, -0.05) is 6.07 Å². The number of anilines is 3. The predicted molar refractivity (Wildman–Crippen MR) is 128 cm³/mol. The molecule has 0 unspecified atom stereocenters. The molecule has 1 aliphatic rings. The van der Waals surface area contributed by atoms with Gasteiger partial charge in [0, 0.05) is 47.8 Å². The van der Waals surface area contributed by atoms with Crippen LogP contribution in [-0.2, 0) is 19.1 Å². The fraction of sp³-hybridized carbons (Fsp3) is 0.200. The number of carbonyl (C=O) groups is 1. The number of alkyl halides is 3. The Labute approximate surface area is 198 Å². The first-order chi connectivity index (χ1) is 16.8. The van der Waals surface area contributed by atoms with E-state index in [-0.39, 0.29) is 11.4 Å². The van der Waals surface area contributed by atoms with Crippen LogP contribution >= 0.6 is 0 Å². The van der Waals surface area contributed by atoms with Gasteiger partial charge in [-0.05, 0) is 54.4 Å². The van der Waals surface area contributed by atoms with Crippen molar-refractivity contribution in [2.24, 2.45) is 0 Å². The minimum Gasteiger partial charge on any atom is -0.495 e. The smallest absolute Gasteiger partial charge is 0.416 e. The Morgan fingerprint density at radius 1 is 1.14 bits per heavy atom. The number of halogens is 3. The molecule has 3 N–H and O–H groups in total. The summed E-state index contributed by atoms with van der Waals surface area (Å²) >= 11 is 0. The number of ether oxygens (including phenoxy) is 1. The standard InChI is InChI=1S/C25H22F3N5O2/c1-35-22-6-5-16(25(26,27)28)13-20(22)32-24(34)31-19-3-2-4-21-18(19)9-12-33(21)14-15-7-10-29-23-17(15)8-11-30-23/h2-8,10-11,13H,9,12,14H2,1H3,(H,29,30)(H2,31,32,34). The Hall–Kier alpha value is -4.21.